The van der Waals surface area contributed by atoms with E-state index in [2.05, 4.69) is 9.97 Å². The van der Waals surface area contributed by atoms with E-state index in [0.29, 0.717) is 11.0 Å². The minimum atomic E-state index is -0.290. The van der Waals surface area contributed by atoms with E-state index in [1.54, 1.807) is 23.9 Å². The fourth-order valence-corrected chi connectivity index (χ4v) is 1.16. The van der Waals surface area contributed by atoms with Gasteiger partial charge < -0.3 is 15.3 Å². The van der Waals surface area contributed by atoms with Gasteiger partial charge in [0.1, 0.15) is 5.65 Å². The van der Waals surface area contributed by atoms with Crippen LogP contribution in [-0.2, 0) is 7.05 Å². The molecule has 2 heterocycles. The lowest BCUT2D eigenvalue weighted by Gasteiger charge is -2.02. The van der Waals surface area contributed by atoms with Crippen molar-refractivity contribution in [3.8, 4) is 0 Å². The Balaban J connectivity index is 0.000000845. The predicted octanol–water partition coefficient (Wildman–Crippen LogP) is 0.266. The highest BCUT2D eigenvalue weighted by atomic mass is 35.5. The fourth-order valence-electron chi connectivity index (χ4n) is 1.16. The van der Waals surface area contributed by atoms with Crippen LogP contribution in [0.5, 0.6) is 0 Å². The number of aryl methyl sites for hydroxylation is 1. The zero-order valence-corrected chi connectivity index (χ0v) is 7.76. The monoisotopic (exact) mass is 200 g/mol. The molecule has 0 saturated carbocycles. The molecule has 0 amide bonds. The van der Waals surface area contributed by atoms with E-state index in [9.17, 15) is 4.79 Å². The molecule has 0 aromatic carbocycles. The topological polar surface area (TPSA) is 76.7 Å². The summed E-state index contributed by atoms with van der Waals surface area (Å²) in [5, 5.41) is 0.562. The molecule has 0 aliphatic heterocycles. The normalized spacial score (nSPS) is 9.92. The Bertz CT molecular complexity index is 487. The van der Waals surface area contributed by atoms with Crippen LogP contribution in [-0.4, -0.2) is 14.5 Å². The van der Waals surface area contributed by atoms with Crippen molar-refractivity contribution >= 4 is 29.4 Å². The first-order chi connectivity index (χ1) is 5.70. The molecule has 0 aliphatic carbocycles. The lowest BCUT2D eigenvalue weighted by Crippen LogP contribution is -2.15. The first-order valence-electron chi connectivity index (χ1n) is 3.50. The molecule has 0 aliphatic rings. The van der Waals surface area contributed by atoms with Crippen molar-refractivity contribution in [2.75, 3.05) is 5.73 Å². The summed E-state index contributed by atoms with van der Waals surface area (Å²) in [6, 6.07) is 1.68. The second kappa shape index (κ2) is 3.10. The Labute approximate surface area is 80.0 Å². The Morgan fingerprint density at radius 2 is 2.31 bits per heavy atom. The van der Waals surface area contributed by atoms with Crippen LogP contribution < -0.4 is 11.3 Å². The molecule has 2 aromatic rings. The van der Waals surface area contributed by atoms with Crippen LogP contribution in [0.4, 0.5) is 5.95 Å². The van der Waals surface area contributed by atoms with Gasteiger partial charge in [-0.3, -0.25) is 4.79 Å². The number of fused-ring (bicyclic) bond motifs is 1. The van der Waals surface area contributed by atoms with Gasteiger partial charge in [-0.2, -0.15) is 4.98 Å². The molecular formula is C7H9ClN4O. The molecule has 0 saturated heterocycles. The first kappa shape index (κ1) is 9.60. The highest BCUT2D eigenvalue weighted by molar-refractivity contribution is 5.85. The zero-order chi connectivity index (χ0) is 8.72. The number of hydrogen-bond acceptors (Lipinski definition) is 3. The molecular weight excluding hydrogens is 192 g/mol. The summed E-state index contributed by atoms with van der Waals surface area (Å²) in [5.41, 5.74) is 5.89. The predicted molar refractivity (Wildman–Crippen MR) is 53.0 cm³/mol. The second-order valence-corrected chi connectivity index (χ2v) is 2.57. The van der Waals surface area contributed by atoms with E-state index in [0.717, 1.165) is 0 Å². The second-order valence-electron chi connectivity index (χ2n) is 2.57. The van der Waals surface area contributed by atoms with Crippen molar-refractivity contribution in [2.24, 2.45) is 7.05 Å². The smallest absolute Gasteiger partial charge is 0.283 e. The lowest BCUT2D eigenvalue weighted by atomic mass is 10.4. The third-order valence-electron chi connectivity index (χ3n) is 1.85. The summed E-state index contributed by atoms with van der Waals surface area (Å²) in [5.74, 6) is 0.218. The number of nitrogens with two attached hydrogens (primary N) is 1. The highest BCUT2D eigenvalue weighted by Gasteiger charge is 2.04. The Kier molecular flexibility index (Phi) is 2.29. The minimum absolute atomic E-state index is 0. The van der Waals surface area contributed by atoms with Crippen LogP contribution in [0.2, 0.25) is 0 Å². The molecule has 3 N–H and O–H groups in total. The van der Waals surface area contributed by atoms with Crippen LogP contribution in [0.15, 0.2) is 17.1 Å². The lowest BCUT2D eigenvalue weighted by molar-refractivity contribution is 0.908. The van der Waals surface area contributed by atoms with Crippen LogP contribution in [0.25, 0.3) is 11.0 Å². The third-order valence-corrected chi connectivity index (χ3v) is 1.85. The van der Waals surface area contributed by atoms with E-state index < -0.39 is 0 Å². The van der Waals surface area contributed by atoms with Gasteiger partial charge >= 0.3 is 0 Å². The quantitative estimate of drug-likeness (QED) is 0.641. The number of H-pyrrole nitrogens is 1. The van der Waals surface area contributed by atoms with Gasteiger partial charge in [0.05, 0.1) is 5.39 Å². The SMILES string of the molecule is Cl.Cn1c(N)nc(=O)c2cc[nH]c21. The van der Waals surface area contributed by atoms with Gasteiger partial charge in [0, 0.05) is 13.2 Å². The first-order valence-corrected chi connectivity index (χ1v) is 3.50. The third kappa shape index (κ3) is 1.27. The van der Waals surface area contributed by atoms with Gasteiger partial charge in [0.2, 0.25) is 5.95 Å². The van der Waals surface area contributed by atoms with Gasteiger partial charge in [-0.05, 0) is 6.07 Å². The van der Waals surface area contributed by atoms with Crippen molar-refractivity contribution in [2.45, 2.75) is 0 Å². The Hall–Kier alpha value is -1.49. The largest absolute Gasteiger partial charge is 0.369 e. The summed E-state index contributed by atoms with van der Waals surface area (Å²) in [7, 11) is 1.75. The summed E-state index contributed by atoms with van der Waals surface area (Å²) in [6.45, 7) is 0. The maximum absolute atomic E-state index is 11.2. The van der Waals surface area contributed by atoms with Gasteiger partial charge in [0.25, 0.3) is 5.56 Å². The van der Waals surface area contributed by atoms with Gasteiger partial charge in [-0.25, -0.2) is 0 Å². The number of nitrogens with zero attached hydrogens (tertiary/aromatic N) is 2. The number of hydrogen-bond donors (Lipinski definition) is 2. The summed E-state index contributed by atoms with van der Waals surface area (Å²) < 4.78 is 1.64. The molecule has 2 rings (SSSR count). The number of aromatic nitrogens is 3. The molecule has 6 heteroatoms. The number of rotatable bonds is 0. The minimum Gasteiger partial charge on any atom is -0.369 e. The zero-order valence-electron chi connectivity index (χ0n) is 6.94. The number of halogens is 1. The van der Waals surface area contributed by atoms with E-state index in [1.165, 1.54) is 0 Å². The number of aromatic amines is 1. The molecule has 0 atom stereocenters. The van der Waals surface area contributed by atoms with Crippen molar-refractivity contribution < 1.29 is 0 Å². The Morgan fingerprint density at radius 3 is 3.00 bits per heavy atom. The van der Waals surface area contributed by atoms with Crippen LogP contribution in [0, 0.1) is 0 Å². The highest BCUT2D eigenvalue weighted by Crippen LogP contribution is 2.07. The van der Waals surface area contributed by atoms with Crippen LogP contribution in [0.3, 0.4) is 0 Å². The fraction of sp³-hybridized carbons (Fsp3) is 0.143. The van der Waals surface area contributed by atoms with Gasteiger partial charge in [0.15, 0.2) is 0 Å². The standard InChI is InChI=1S/C7H8N4O.ClH/c1-11-5-4(2-3-9-5)6(12)10-7(11)8;/h2-3,9H,1H3,(H2,8,10,12);1H. The summed E-state index contributed by atoms with van der Waals surface area (Å²) in [4.78, 5) is 17.7. The maximum atomic E-state index is 11.2. The molecule has 2 aromatic heterocycles. The average Bonchev–Trinajstić information content (AvgIpc) is 2.48. The van der Waals surface area contributed by atoms with Crippen LogP contribution in [0.1, 0.15) is 0 Å². The molecule has 13 heavy (non-hydrogen) atoms. The average molecular weight is 201 g/mol. The van der Waals surface area contributed by atoms with Crippen LogP contribution >= 0.6 is 12.4 Å². The number of nitrogen functional groups attached to an aromatic ring is 1. The molecule has 0 spiro atoms. The van der Waals surface area contributed by atoms with E-state index >= 15 is 0 Å². The molecule has 5 nitrogen and oxygen atoms in total. The van der Waals surface area contributed by atoms with E-state index in [-0.39, 0.29) is 23.9 Å². The van der Waals surface area contributed by atoms with Gasteiger partial charge in [-0.15, -0.1) is 12.4 Å². The van der Waals surface area contributed by atoms with Crippen molar-refractivity contribution in [3.05, 3.63) is 22.6 Å². The van der Waals surface area contributed by atoms with Crippen molar-refractivity contribution in [3.63, 3.8) is 0 Å². The molecule has 0 unspecified atom stereocenters. The molecule has 0 bridgehead atoms. The summed E-state index contributed by atoms with van der Waals surface area (Å²) in [6.07, 6.45) is 1.69. The van der Waals surface area contributed by atoms with Crippen molar-refractivity contribution in [1.29, 1.82) is 0 Å². The van der Waals surface area contributed by atoms with Gasteiger partial charge in [-0.1, -0.05) is 0 Å². The van der Waals surface area contributed by atoms with E-state index in [4.69, 9.17) is 5.73 Å². The summed E-state index contributed by atoms with van der Waals surface area (Å²) >= 11 is 0. The number of anilines is 1. The molecule has 70 valence electrons. The Morgan fingerprint density at radius 1 is 1.62 bits per heavy atom. The van der Waals surface area contributed by atoms with Crippen molar-refractivity contribution in [1.82, 2.24) is 14.5 Å². The molecule has 0 radical (unpaired) electrons. The van der Waals surface area contributed by atoms with E-state index in [1.807, 2.05) is 0 Å². The molecule has 0 fully saturated rings. The maximum Gasteiger partial charge on any atom is 0.283 e. The number of nitrogens with one attached hydrogen (secondary N) is 1.